The number of benzene rings is 6. The van der Waals surface area contributed by atoms with Gasteiger partial charge in [-0.15, -0.1) is 0 Å². The van der Waals surface area contributed by atoms with Gasteiger partial charge in [-0.05, 0) is 88.0 Å². The second-order valence-electron chi connectivity index (χ2n) is 10.6. The molecule has 0 fully saturated rings. The van der Waals surface area contributed by atoms with Crippen LogP contribution in [0.5, 0.6) is 0 Å². The topological polar surface area (TPSA) is 34.5 Å². The van der Waals surface area contributed by atoms with E-state index in [0.717, 1.165) is 39.1 Å². The Labute approximate surface area is 284 Å². The van der Waals surface area contributed by atoms with E-state index in [1.54, 1.807) is 6.20 Å². The molecule has 0 saturated carbocycles. The number of carbonyl (C=O) groups is 1. The molecule has 0 aliphatic carbocycles. The molecule has 7 rings (SSSR count). The van der Waals surface area contributed by atoms with Crippen LogP contribution < -0.4 is 4.90 Å². The lowest BCUT2D eigenvalue weighted by Gasteiger charge is -2.26. The maximum Gasteiger partial charge on any atom is 0.418 e. The van der Waals surface area contributed by atoms with Crippen molar-refractivity contribution < 1.29 is 9.53 Å². The van der Waals surface area contributed by atoms with Crippen LogP contribution in [0.1, 0.15) is 27.7 Å². The molecule has 0 saturated heterocycles. The largest absolute Gasteiger partial charge is 0.452 e. The van der Waals surface area contributed by atoms with Gasteiger partial charge in [0.1, 0.15) is 0 Å². The molecule has 4 nitrogen and oxygen atoms in total. The van der Waals surface area contributed by atoms with Crippen molar-refractivity contribution in [2.45, 2.75) is 27.7 Å². The Bertz CT molecular complexity index is 1950. The van der Waals surface area contributed by atoms with Gasteiger partial charge in [-0.1, -0.05) is 131 Å². The molecule has 0 amide bonds. The smallest absolute Gasteiger partial charge is 0.418 e. The van der Waals surface area contributed by atoms with Gasteiger partial charge in [0.05, 0.1) is 12.6 Å². The molecule has 0 unspecified atom stereocenters. The van der Waals surface area contributed by atoms with E-state index in [9.17, 15) is 4.79 Å². The van der Waals surface area contributed by atoms with Crippen molar-refractivity contribution in [2.75, 3.05) is 12.0 Å². The molecular formula is C44H42N2O2. The van der Waals surface area contributed by atoms with E-state index in [2.05, 4.69) is 132 Å². The Morgan fingerprint density at radius 1 is 0.479 bits per heavy atom. The molecule has 1 aromatic heterocycles. The third-order valence-corrected chi connectivity index (χ3v) is 7.99. The molecular weight excluding hydrogens is 588 g/mol. The number of fused-ring (bicyclic) bond motifs is 1. The SMILES string of the molecule is CC.CC.COC(=O)n1ccc2cc(-c3ccc(N(c4ccc(-c5ccccc5)cc4)c4ccc(-c5ccccc5)cc4)cc3)ccc21. The summed E-state index contributed by atoms with van der Waals surface area (Å²) in [4.78, 5) is 14.4. The van der Waals surface area contributed by atoms with Gasteiger partial charge in [0.15, 0.2) is 0 Å². The fourth-order valence-electron chi connectivity index (χ4n) is 5.70. The quantitative estimate of drug-likeness (QED) is 0.183. The predicted octanol–water partition coefficient (Wildman–Crippen LogP) is 12.8. The van der Waals surface area contributed by atoms with Crippen molar-refractivity contribution in [3.05, 3.63) is 164 Å². The van der Waals surface area contributed by atoms with Gasteiger partial charge >= 0.3 is 6.09 Å². The summed E-state index contributed by atoms with van der Waals surface area (Å²) in [6, 6.07) is 55.0. The molecule has 7 aromatic rings. The van der Waals surface area contributed by atoms with Gasteiger partial charge < -0.3 is 9.64 Å². The van der Waals surface area contributed by atoms with Crippen LogP contribution in [0.4, 0.5) is 21.9 Å². The number of anilines is 3. The standard InChI is InChI=1S/C40H30N2O2.2C2H6/c1-44-40(43)41-27-26-35-28-34(18-25-39(35)41)33-16-23-38(24-17-33)42(36-19-12-31(13-20-36)29-8-4-2-5-9-29)37-21-14-32(15-22-37)30-10-6-3-7-11-30;2*1-2/h2-28H,1H3;2*1-2H3. The van der Waals surface area contributed by atoms with Gasteiger partial charge in [-0.2, -0.15) is 0 Å². The second-order valence-corrected chi connectivity index (χ2v) is 10.6. The maximum absolute atomic E-state index is 12.1. The normalized spacial score (nSPS) is 10.3. The molecule has 240 valence electrons. The van der Waals surface area contributed by atoms with Gasteiger partial charge in [0.25, 0.3) is 0 Å². The lowest BCUT2D eigenvalue weighted by molar-refractivity contribution is 0.174. The minimum atomic E-state index is -0.397. The Morgan fingerprint density at radius 2 is 0.854 bits per heavy atom. The summed E-state index contributed by atoms with van der Waals surface area (Å²) < 4.78 is 6.42. The molecule has 0 spiro atoms. The van der Waals surface area contributed by atoms with Crippen molar-refractivity contribution in [1.82, 2.24) is 4.57 Å². The van der Waals surface area contributed by atoms with Crippen LogP contribution >= 0.6 is 0 Å². The summed E-state index contributed by atoms with van der Waals surface area (Å²) in [5, 5.41) is 0.982. The molecule has 6 aromatic carbocycles. The molecule has 48 heavy (non-hydrogen) atoms. The second kappa shape index (κ2) is 16.1. The van der Waals surface area contributed by atoms with Crippen molar-refractivity contribution in [3.63, 3.8) is 0 Å². The third kappa shape index (κ3) is 7.24. The molecule has 4 heteroatoms. The van der Waals surface area contributed by atoms with E-state index in [-0.39, 0.29) is 0 Å². The fraction of sp³-hybridized carbons (Fsp3) is 0.114. The first kappa shape index (κ1) is 33.5. The van der Waals surface area contributed by atoms with Gasteiger partial charge in [-0.25, -0.2) is 4.79 Å². The van der Waals surface area contributed by atoms with Crippen molar-refractivity contribution >= 4 is 34.1 Å². The number of rotatable bonds is 6. The molecule has 1 heterocycles. The zero-order chi connectivity index (χ0) is 33.9. The summed E-state index contributed by atoms with van der Waals surface area (Å²) in [5.41, 5.74) is 11.0. The first-order chi connectivity index (χ1) is 23.7. The average Bonchev–Trinajstić information content (AvgIpc) is 3.61. The van der Waals surface area contributed by atoms with Crippen molar-refractivity contribution in [2.24, 2.45) is 0 Å². The summed E-state index contributed by atoms with van der Waals surface area (Å²) >= 11 is 0. The highest BCUT2D eigenvalue weighted by Gasteiger charge is 2.14. The van der Waals surface area contributed by atoms with Crippen LogP contribution in [-0.2, 0) is 4.74 Å². The molecule has 0 N–H and O–H groups in total. The number of aromatic nitrogens is 1. The zero-order valence-electron chi connectivity index (χ0n) is 28.3. The van der Waals surface area contributed by atoms with Gasteiger partial charge in [0, 0.05) is 28.6 Å². The lowest BCUT2D eigenvalue weighted by atomic mass is 10.0. The number of hydrogen-bond donors (Lipinski definition) is 0. The minimum absolute atomic E-state index is 0.397. The number of ether oxygens (including phenoxy) is 1. The first-order valence-corrected chi connectivity index (χ1v) is 16.6. The van der Waals surface area contributed by atoms with Crippen LogP contribution in [-0.4, -0.2) is 17.8 Å². The number of carbonyl (C=O) groups excluding carboxylic acids is 1. The van der Waals surface area contributed by atoms with E-state index >= 15 is 0 Å². The number of hydrogen-bond acceptors (Lipinski definition) is 3. The number of methoxy groups -OCH3 is 1. The van der Waals surface area contributed by atoms with Gasteiger partial charge in [0.2, 0.25) is 0 Å². The Hall–Kier alpha value is -5.87. The van der Waals surface area contributed by atoms with Crippen LogP contribution in [0.3, 0.4) is 0 Å². The summed E-state index contributed by atoms with van der Waals surface area (Å²) in [6.45, 7) is 8.00. The monoisotopic (exact) mass is 630 g/mol. The van der Waals surface area contributed by atoms with E-state index in [0.29, 0.717) is 0 Å². The summed E-state index contributed by atoms with van der Waals surface area (Å²) in [6.07, 6.45) is 1.35. The zero-order valence-corrected chi connectivity index (χ0v) is 28.3. The Balaban J connectivity index is 0.00000109. The van der Waals surface area contributed by atoms with Crippen LogP contribution in [0, 0.1) is 0 Å². The van der Waals surface area contributed by atoms with Crippen LogP contribution in [0.15, 0.2) is 164 Å². The minimum Gasteiger partial charge on any atom is -0.452 e. The molecule has 0 bridgehead atoms. The predicted molar refractivity (Wildman–Crippen MR) is 203 cm³/mol. The van der Waals surface area contributed by atoms with E-state index in [1.165, 1.54) is 33.9 Å². The highest BCUT2D eigenvalue weighted by molar-refractivity contribution is 5.92. The number of nitrogens with zero attached hydrogens (tertiary/aromatic N) is 2. The van der Waals surface area contributed by atoms with E-state index < -0.39 is 6.09 Å². The van der Waals surface area contributed by atoms with Crippen LogP contribution in [0.25, 0.3) is 44.3 Å². The maximum atomic E-state index is 12.1. The van der Waals surface area contributed by atoms with E-state index in [1.807, 2.05) is 58.0 Å². The average molecular weight is 631 g/mol. The lowest BCUT2D eigenvalue weighted by Crippen LogP contribution is -2.09. The summed E-state index contributed by atoms with van der Waals surface area (Å²) in [7, 11) is 1.39. The highest BCUT2D eigenvalue weighted by atomic mass is 16.5. The van der Waals surface area contributed by atoms with Crippen LogP contribution in [0.2, 0.25) is 0 Å². The molecule has 0 atom stereocenters. The highest BCUT2D eigenvalue weighted by Crippen LogP contribution is 2.38. The van der Waals surface area contributed by atoms with Gasteiger partial charge in [-0.3, -0.25) is 4.57 Å². The Kier molecular flexibility index (Phi) is 11.2. The fourth-order valence-corrected chi connectivity index (χ4v) is 5.70. The Morgan fingerprint density at radius 3 is 1.27 bits per heavy atom. The molecule has 0 radical (unpaired) electrons. The first-order valence-electron chi connectivity index (χ1n) is 16.6. The molecule has 0 aliphatic heterocycles. The van der Waals surface area contributed by atoms with Crippen molar-refractivity contribution in [1.29, 1.82) is 0 Å². The summed E-state index contributed by atoms with van der Waals surface area (Å²) in [5.74, 6) is 0. The van der Waals surface area contributed by atoms with E-state index in [4.69, 9.17) is 4.74 Å². The van der Waals surface area contributed by atoms with Crippen molar-refractivity contribution in [3.8, 4) is 33.4 Å². The third-order valence-electron chi connectivity index (χ3n) is 7.99. The molecule has 0 aliphatic rings.